The topological polar surface area (TPSA) is 32.3 Å². The lowest BCUT2D eigenvalue weighted by molar-refractivity contribution is -0.133. The molecule has 1 unspecified atom stereocenters. The summed E-state index contributed by atoms with van der Waals surface area (Å²) in [6, 6.07) is 1.30. The molecule has 0 aromatic carbocycles. The van der Waals surface area contributed by atoms with Gasteiger partial charge in [-0.2, -0.15) is 0 Å². The summed E-state index contributed by atoms with van der Waals surface area (Å²) in [7, 11) is 0. The molecular formula is C17H30N2O. The first-order chi connectivity index (χ1) is 9.56. The average Bonchev–Trinajstić information content (AvgIpc) is 3.26. The van der Waals surface area contributed by atoms with Gasteiger partial charge in [-0.05, 0) is 43.9 Å². The van der Waals surface area contributed by atoms with Gasteiger partial charge in [0.1, 0.15) is 0 Å². The zero-order chi connectivity index (χ0) is 14.2. The van der Waals surface area contributed by atoms with Crippen LogP contribution in [0.25, 0.3) is 0 Å². The lowest BCUT2D eigenvalue weighted by atomic mass is 9.73. The van der Waals surface area contributed by atoms with Crippen LogP contribution in [0.2, 0.25) is 0 Å². The molecule has 1 N–H and O–H groups in total. The van der Waals surface area contributed by atoms with Crippen LogP contribution in [0.3, 0.4) is 0 Å². The monoisotopic (exact) mass is 278 g/mol. The number of likely N-dealkylation sites (tertiary alicyclic amines) is 1. The van der Waals surface area contributed by atoms with E-state index in [1.165, 1.54) is 25.7 Å². The van der Waals surface area contributed by atoms with E-state index in [2.05, 4.69) is 24.1 Å². The van der Waals surface area contributed by atoms with E-state index in [0.717, 1.165) is 38.8 Å². The Morgan fingerprint density at radius 3 is 2.35 bits per heavy atom. The largest absolute Gasteiger partial charge is 0.342 e. The molecule has 3 rings (SSSR count). The summed E-state index contributed by atoms with van der Waals surface area (Å²) >= 11 is 0. The van der Waals surface area contributed by atoms with Crippen molar-refractivity contribution in [3.63, 3.8) is 0 Å². The van der Waals surface area contributed by atoms with Crippen LogP contribution in [0.1, 0.15) is 65.2 Å². The van der Waals surface area contributed by atoms with Crippen LogP contribution >= 0.6 is 0 Å². The highest BCUT2D eigenvalue weighted by Gasteiger charge is 2.37. The Morgan fingerprint density at radius 2 is 1.75 bits per heavy atom. The maximum atomic E-state index is 12.1. The van der Waals surface area contributed by atoms with Crippen molar-refractivity contribution in [1.29, 1.82) is 0 Å². The maximum Gasteiger partial charge on any atom is 0.225 e. The fourth-order valence-corrected chi connectivity index (χ4v) is 3.94. The van der Waals surface area contributed by atoms with Crippen molar-refractivity contribution in [3.8, 4) is 0 Å². The minimum absolute atomic E-state index is 0.386. The van der Waals surface area contributed by atoms with Gasteiger partial charge in [0.2, 0.25) is 5.91 Å². The average molecular weight is 278 g/mol. The fourth-order valence-electron chi connectivity index (χ4n) is 3.94. The van der Waals surface area contributed by atoms with E-state index in [1.807, 2.05) is 0 Å². The van der Waals surface area contributed by atoms with Gasteiger partial charge in [0, 0.05) is 31.1 Å². The van der Waals surface area contributed by atoms with Crippen LogP contribution in [-0.2, 0) is 4.79 Å². The normalized spacial score (nSPS) is 31.3. The van der Waals surface area contributed by atoms with Crippen molar-refractivity contribution in [2.45, 2.75) is 77.3 Å². The molecule has 3 nitrogen and oxygen atoms in total. The number of amides is 1. The second-order valence-electron chi connectivity index (χ2n) is 7.83. The third-order valence-electron chi connectivity index (χ3n) is 5.68. The van der Waals surface area contributed by atoms with E-state index in [4.69, 9.17) is 0 Å². The molecule has 1 aliphatic heterocycles. The SMILES string of the molecule is CC1(C)CCCCC1NC1CCN(C(=O)C2CC2)CC1. The molecule has 0 radical (unpaired) electrons. The van der Waals surface area contributed by atoms with Gasteiger partial charge in [-0.25, -0.2) is 0 Å². The highest BCUT2D eigenvalue weighted by Crippen LogP contribution is 2.36. The van der Waals surface area contributed by atoms with Crippen LogP contribution in [0.4, 0.5) is 0 Å². The third kappa shape index (κ3) is 3.19. The predicted octanol–water partition coefficient (Wildman–Crippen LogP) is 2.95. The zero-order valence-electron chi connectivity index (χ0n) is 13.2. The van der Waals surface area contributed by atoms with Gasteiger partial charge in [-0.1, -0.05) is 26.7 Å². The van der Waals surface area contributed by atoms with Crippen LogP contribution in [0.15, 0.2) is 0 Å². The Balaban J connectivity index is 1.47. The molecule has 114 valence electrons. The molecular weight excluding hydrogens is 248 g/mol. The van der Waals surface area contributed by atoms with E-state index in [9.17, 15) is 4.79 Å². The smallest absolute Gasteiger partial charge is 0.225 e. The maximum absolute atomic E-state index is 12.1. The first-order valence-electron chi connectivity index (χ1n) is 8.61. The number of carbonyl (C=O) groups is 1. The summed E-state index contributed by atoms with van der Waals surface area (Å²) in [6.07, 6.45) is 9.99. The summed E-state index contributed by atoms with van der Waals surface area (Å²) in [5, 5.41) is 3.91. The Morgan fingerprint density at radius 1 is 1.05 bits per heavy atom. The molecule has 1 amide bonds. The van der Waals surface area contributed by atoms with Crippen LogP contribution in [0.5, 0.6) is 0 Å². The Bertz CT molecular complexity index is 354. The number of nitrogens with zero attached hydrogens (tertiary/aromatic N) is 1. The van der Waals surface area contributed by atoms with Gasteiger partial charge in [0.05, 0.1) is 0 Å². The van der Waals surface area contributed by atoms with Gasteiger partial charge in [0.15, 0.2) is 0 Å². The quantitative estimate of drug-likeness (QED) is 0.861. The minimum Gasteiger partial charge on any atom is -0.342 e. The molecule has 1 heterocycles. The van der Waals surface area contributed by atoms with Gasteiger partial charge in [-0.3, -0.25) is 4.79 Å². The number of hydrogen-bond donors (Lipinski definition) is 1. The molecule has 0 spiro atoms. The molecule has 1 saturated heterocycles. The Labute approximate surface area is 123 Å². The third-order valence-corrected chi connectivity index (χ3v) is 5.68. The van der Waals surface area contributed by atoms with Gasteiger partial charge in [-0.15, -0.1) is 0 Å². The van der Waals surface area contributed by atoms with Crippen LogP contribution < -0.4 is 5.32 Å². The molecule has 1 atom stereocenters. The van der Waals surface area contributed by atoms with Gasteiger partial charge < -0.3 is 10.2 Å². The van der Waals surface area contributed by atoms with Crippen molar-refractivity contribution in [1.82, 2.24) is 10.2 Å². The summed E-state index contributed by atoms with van der Waals surface area (Å²) in [4.78, 5) is 14.2. The number of hydrogen-bond acceptors (Lipinski definition) is 2. The second-order valence-corrected chi connectivity index (χ2v) is 7.83. The van der Waals surface area contributed by atoms with E-state index in [0.29, 0.717) is 29.3 Å². The number of carbonyl (C=O) groups excluding carboxylic acids is 1. The Hall–Kier alpha value is -0.570. The molecule has 0 aromatic rings. The summed E-state index contributed by atoms with van der Waals surface area (Å²) in [5.74, 6) is 0.818. The van der Waals surface area contributed by atoms with E-state index in [-0.39, 0.29) is 0 Å². The number of rotatable bonds is 3. The lowest BCUT2D eigenvalue weighted by Gasteiger charge is -2.43. The Kier molecular flexibility index (Phi) is 4.07. The van der Waals surface area contributed by atoms with E-state index < -0.39 is 0 Å². The first-order valence-corrected chi connectivity index (χ1v) is 8.61. The summed E-state index contributed by atoms with van der Waals surface area (Å²) in [5.41, 5.74) is 0.444. The van der Waals surface area contributed by atoms with Crippen molar-refractivity contribution in [2.75, 3.05) is 13.1 Å². The predicted molar refractivity (Wildman–Crippen MR) is 81.5 cm³/mol. The molecule has 0 bridgehead atoms. The second kappa shape index (κ2) is 5.67. The number of nitrogens with one attached hydrogen (secondary N) is 1. The molecule has 20 heavy (non-hydrogen) atoms. The van der Waals surface area contributed by atoms with Crippen molar-refractivity contribution in [2.24, 2.45) is 11.3 Å². The molecule has 0 aromatic heterocycles. The molecule has 2 aliphatic carbocycles. The van der Waals surface area contributed by atoms with E-state index in [1.54, 1.807) is 0 Å². The summed E-state index contributed by atoms with van der Waals surface area (Å²) < 4.78 is 0. The van der Waals surface area contributed by atoms with Gasteiger partial charge >= 0.3 is 0 Å². The van der Waals surface area contributed by atoms with Crippen molar-refractivity contribution < 1.29 is 4.79 Å². The number of piperidine rings is 1. The highest BCUT2D eigenvalue weighted by atomic mass is 16.2. The molecule has 2 saturated carbocycles. The van der Waals surface area contributed by atoms with Gasteiger partial charge in [0.25, 0.3) is 0 Å². The standard InChI is InChI=1S/C17H30N2O/c1-17(2)10-4-3-5-15(17)18-14-8-11-19(12-9-14)16(20)13-6-7-13/h13-15,18H,3-12H2,1-2H3. The fraction of sp³-hybridized carbons (Fsp3) is 0.941. The van der Waals surface area contributed by atoms with E-state index >= 15 is 0 Å². The molecule has 3 heteroatoms. The molecule has 3 aliphatic rings. The summed E-state index contributed by atoms with van der Waals surface area (Å²) in [6.45, 7) is 6.77. The zero-order valence-corrected chi connectivity index (χ0v) is 13.2. The van der Waals surface area contributed by atoms with Crippen LogP contribution in [-0.4, -0.2) is 36.0 Å². The van der Waals surface area contributed by atoms with Crippen molar-refractivity contribution >= 4 is 5.91 Å². The first kappa shape index (κ1) is 14.4. The molecule has 3 fully saturated rings. The minimum atomic E-state index is 0.386. The highest BCUT2D eigenvalue weighted by molar-refractivity contribution is 5.81. The lowest BCUT2D eigenvalue weighted by Crippen LogP contribution is -2.52. The van der Waals surface area contributed by atoms with Crippen molar-refractivity contribution in [3.05, 3.63) is 0 Å². The van der Waals surface area contributed by atoms with Crippen LogP contribution in [0, 0.1) is 11.3 Å².